The lowest BCUT2D eigenvalue weighted by Crippen LogP contribution is -2.27. The minimum atomic E-state index is 0.00481. The fourth-order valence-electron chi connectivity index (χ4n) is 2.18. The molecule has 92 valence electrons. The van der Waals surface area contributed by atoms with Gasteiger partial charge in [0.05, 0.1) is 0 Å². The van der Waals surface area contributed by atoms with Crippen molar-refractivity contribution in [2.45, 2.75) is 27.2 Å². The number of hydrogen-bond acceptors (Lipinski definition) is 2. The molecule has 0 bridgehead atoms. The Morgan fingerprint density at radius 1 is 1.53 bits per heavy atom. The lowest BCUT2D eigenvalue weighted by Gasteiger charge is -2.09. The van der Waals surface area contributed by atoms with E-state index in [1.165, 1.54) is 6.42 Å². The van der Waals surface area contributed by atoms with Gasteiger partial charge in [-0.3, -0.25) is 4.79 Å². The summed E-state index contributed by atoms with van der Waals surface area (Å²) < 4.78 is 0. The van der Waals surface area contributed by atoms with E-state index in [9.17, 15) is 4.79 Å². The number of amides is 1. The van der Waals surface area contributed by atoms with Gasteiger partial charge in [0.1, 0.15) is 0 Å². The van der Waals surface area contributed by atoms with Gasteiger partial charge >= 0.3 is 0 Å². The molecule has 17 heavy (non-hydrogen) atoms. The summed E-state index contributed by atoms with van der Waals surface area (Å²) in [6.07, 6.45) is 1.20. The molecule has 0 heterocycles. The van der Waals surface area contributed by atoms with E-state index in [4.69, 9.17) is 5.73 Å². The molecule has 2 rings (SSSR count). The molecule has 1 saturated carbocycles. The van der Waals surface area contributed by atoms with Gasteiger partial charge in [-0.1, -0.05) is 13.8 Å². The summed E-state index contributed by atoms with van der Waals surface area (Å²) in [6, 6.07) is 5.39. The van der Waals surface area contributed by atoms with Crippen LogP contribution < -0.4 is 11.1 Å². The Labute approximate surface area is 102 Å². The zero-order chi connectivity index (χ0) is 12.6. The second kappa shape index (κ2) is 4.06. The number of hydrogen-bond donors (Lipinski definition) is 2. The highest BCUT2D eigenvalue weighted by molar-refractivity contribution is 5.96. The number of aryl methyl sites for hydroxylation is 1. The lowest BCUT2D eigenvalue weighted by atomic mass is 10.1. The third-order valence-electron chi connectivity index (χ3n) is 3.72. The molecule has 1 aromatic carbocycles. The first-order valence-electron chi connectivity index (χ1n) is 6.04. The van der Waals surface area contributed by atoms with Crippen LogP contribution in [0.4, 0.5) is 5.69 Å². The zero-order valence-electron chi connectivity index (χ0n) is 10.7. The Morgan fingerprint density at radius 2 is 2.18 bits per heavy atom. The molecule has 1 aromatic rings. The first kappa shape index (κ1) is 12.0. The molecule has 0 aliphatic heterocycles. The standard InChI is InChI=1S/C14H20N2O/c1-9-6-11(15)4-5-12(9)13(17)16-8-10-7-14(10,2)3/h4-6,10H,7-8,15H2,1-3H3,(H,16,17). The van der Waals surface area contributed by atoms with Gasteiger partial charge < -0.3 is 11.1 Å². The van der Waals surface area contributed by atoms with E-state index in [1.54, 1.807) is 12.1 Å². The van der Waals surface area contributed by atoms with Crippen molar-refractivity contribution in [3.63, 3.8) is 0 Å². The summed E-state index contributed by atoms with van der Waals surface area (Å²) in [5.74, 6) is 0.630. The molecule has 1 fully saturated rings. The molecular formula is C14H20N2O. The average molecular weight is 232 g/mol. The van der Waals surface area contributed by atoms with Crippen molar-refractivity contribution >= 4 is 11.6 Å². The number of anilines is 1. The van der Waals surface area contributed by atoms with E-state index >= 15 is 0 Å². The van der Waals surface area contributed by atoms with Crippen LogP contribution in [0.2, 0.25) is 0 Å². The maximum Gasteiger partial charge on any atom is 0.251 e. The van der Waals surface area contributed by atoms with Crippen molar-refractivity contribution in [3.8, 4) is 0 Å². The van der Waals surface area contributed by atoms with E-state index in [-0.39, 0.29) is 5.91 Å². The number of nitrogens with two attached hydrogens (primary N) is 1. The van der Waals surface area contributed by atoms with Crippen LogP contribution in [0.5, 0.6) is 0 Å². The Morgan fingerprint density at radius 3 is 2.71 bits per heavy atom. The van der Waals surface area contributed by atoms with E-state index in [0.29, 0.717) is 17.0 Å². The van der Waals surface area contributed by atoms with Crippen LogP contribution in [-0.2, 0) is 0 Å². The highest BCUT2D eigenvalue weighted by Gasteiger charge is 2.45. The molecule has 1 unspecified atom stereocenters. The van der Waals surface area contributed by atoms with Crippen LogP contribution in [0.1, 0.15) is 36.2 Å². The van der Waals surface area contributed by atoms with Gasteiger partial charge in [-0.2, -0.15) is 0 Å². The van der Waals surface area contributed by atoms with E-state index in [0.717, 1.165) is 17.7 Å². The molecule has 1 amide bonds. The Bertz CT molecular complexity index is 452. The third-order valence-corrected chi connectivity index (χ3v) is 3.72. The number of rotatable bonds is 3. The van der Waals surface area contributed by atoms with Gasteiger partial charge in [0.2, 0.25) is 0 Å². The maximum absolute atomic E-state index is 12.0. The summed E-state index contributed by atoms with van der Waals surface area (Å²) in [7, 11) is 0. The SMILES string of the molecule is Cc1cc(N)ccc1C(=O)NCC1CC1(C)C. The second-order valence-corrected chi connectivity index (χ2v) is 5.67. The molecule has 1 aliphatic rings. The summed E-state index contributed by atoms with van der Waals surface area (Å²) in [5.41, 5.74) is 8.41. The van der Waals surface area contributed by atoms with Gasteiger partial charge in [0.15, 0.2) is 0 Å². The van der Waals surface area contributed by atoms with Gasteiger partial charge in [-0.15, -0.1) is 0 Å². The molecule has 1 atom stereocenters. The third kappa shape index (κ3) is 2.60. The van der Waals surface area contributed by atoms with Crippen LogP contribution in [0, 0.1) is 18.3 Å². The Kier molecular flexibility index (Phi) is 2.86. The summed E-state index contributed by atoms with van der Waals surface area (Å²) in [5, 5.41) is 3.00. The maximum atomic E-state index is 12.0. The number of carbonyl (C=O) groups is 1. The molecular weight excluding hydrogens is 212 g/mol. The molecule has 3 nitrogen and oxygen atoms in total. The smallest absolute Gasteiger partial charge is 0.251 e. The number of benzene rings is 1. The van der Waals surface area contributed by atoms with Gasteiger partial charge in [-0.05, 0) is 48.4 Å². The van der Waals surface area contributed by atoms with Crippen molar-refractivity contribution in [3.05, 3.63) is 29.3 Å². The van der Waals surface area contributed by atoms with Crippen LogP contribution in [0.3, 0.4) is 0 Å². The van der Waals surface area contributed by atoms with Crippen molar-refractivity contribution < 1.29 is 4.79 Å². The Hall–Kier alpha value is -1.51. The molecule has 3 N–H and O–H groups in total. The lowest BCUT2D eigenvalue weighted by molar-refractivity contribution is 0.0950. The molecule has 3 heteroatoms. The fourth-order valence-corrected chi connectivity index (χ4v) is 2.18. The number of nitrogens with one attached hydrogen (secondary N) is 1. The number of nitrogen functional groups attached to an aromatic ring is 1. The molecule has 0 radical (unpaired) electrons. The van der Waals surface area contributed by atoms with E-state index < -0.39 is 0 Å². The highest BCUT2D eigenvalue weighted by Crippen LogP contribution is 2.50. The van der Waals surface area contributed by atoms with Gasteiger partial charge in [-0.25, -0.2) is 0 Å². The zero-order valence-corrected chi connectivity index (χ0v) is 10.7. The van der Waals surface area contributed by atoms with Crippen LogP contribution in [0.15, 0.2) is 18.2 Å². The topological polar surface area (TPSA) is 55.1 Å². The minimum absolute atomic E-state index is 0.00481. The summed E-state index contributed by atoms with van der Waals surface area (Å²) in [4.78, 5) is 12.0. The van der Waals surface area contributed by atoms with Crippen molar-refractivity contribution in [1.82, 2.24) is 5.32 Å². The molecule has 0 spiro atoms. The predicted molar refractivity (Wildman–Crippen MR) is 69.8 cm³/mol. The predicted octanol–water partition coefficient (Wildman–Crippen LogP) is 2.35. The van der Waals surface area contributed by atoms with Crippen molar-refractivity contribution in [1.29, 1.82) is 0 Å². The van der Waals surface area contributed by atoms with Crippen LogP contribution >= 0.6 is 0 Å². The monoisotopic (exact) mass is 232 g/mol. The second-order valence-electron chi connectivity index (χ2n) is 5.67. The summed E-state index contributed by atoms with van der Waals surface area (Å²) in [6.45, 7) is 7.15. The minimum Gasteiger partial charge on any atom is -0.399 e. The first-order valence-corrected chi connectivity index (χ1v) is 6.04. The van der Waals surface area contributed by atoms with Gasteiger partial charge in [0, 0.05) is 17.8 Å². The van der Waals surface area contributed by atoms with Crippen molar-refractivity contribution in [2.24, 2.45) is 11.3 Å². The highest BCUT2D eigenvalue weighted by atomic mass is 16.1. The van der Waals surface area contributed by atoms with Crippen molar-refractivity contribution in [2.75, 3.05) is 12.3 Å². The van der Waals surface area contributed by atoms with Gasteiger partial charge in [0.25, 0.3) is 5.91 Å². The quantitative estimate of drug-likeness (QED) is 0.786. The normalized spacial score (nSPS) is 21.0. The molecule has 1 aliphatic carbocycles. The first-order chi connectivity index (χ1) is 7.90. The van der Waals surface area contributed by atoms with Crippen LogP contribution in [-0.4, -0.2) is 12.5 Å². The number of carbonyl (C=O) groups excluding carboxylic acids is 1. The molecule has 0 saturated heterocycles. The largest absolute Gasteiger partial charge is 0.399 e. The van der Waals surface area contributed by atoms with E-state index in [1.807, 2.05) is 13.0 Å². The van der Waals surface area contributed by atoms with Crippen LogP contribution in [0.25, 0.3) is 0 Å². The van der Waals surface area contributed by atoms with E-state index in [2.05, 4.69) is 19.2 Å². The fraction of sp³-hybridized carbons (Fsp3) is 0.500. The molecule has 0 aromatic heterocycles. The summed E-state index contributed by atoms with van der Waals surface area (Å²) >= 11 is 0. The Balaban J connectivity index is 1.96. The average Bonchev–Trinajstić information content (AvgIpc) is 2.83.